The third kappa shape index (κ3) is 5.59. The first-order valence-corrected chi connectivity index (χ1v) is 7.83. The summed E-state index contributed by atoms with van der Waals surface area (Å²) >= 11 is 0. The molecule has 2 aromatic carbocycles. The molecule has 0 spiro atoms. The molecular formula is C18H20N2O6. The first-order chi connectivity index (χ1) is 12.5. The van der Waals surface area contributed by atoms with Crippen LogP contribution in [0.2, 0.25) is 0 Å². The molecule has 4 N–H and O–H groups in total. The number of hydrogen-bond donors (Lipinski definition) is 4. The molecule has 0 aliphatic carbocycles. The van der Waals surface area contributed by atoms with E-state index in [0.717, 1.165) is 6.07 Å². The number of phenolic OH excluding ortho intramolecular Hbond substituents is 2. The van der Waals surface area contributed by atoms with Crippen molar-refractivity contribution in [3.8, 4) is 23.0 Å². The predicted octanol–water partition coefficient (Wildman–Crippen LogP) is 1.03. The fraction of sp³-hybridized carbons (Fsp3) is 0.222. The molecule has 138 valence electrons. The van der Waals surface area contributed by atoms with Gasteiger partial charge in [-0.3, -0.25) is 9.59 Å². The SMILES string of the molecule is COc1ccccc1OCC(=O)NCCNC(=O)c1cc(O)cc(O)c1. The number of benzene rings is 2. The smallest absolute Gasteiger partial charge is 0.258 e. The van der Waals surface area contributed by atoms with Crippen molar-refractivity contribution >= 4 is 11.8 Å². The van der Waals surface area contributed by atoms with E-state index in [1.165, 1.54) is 19.2 Å². The highest BCUT2D eigenvalue weighted by molar-refractivity contribution is 5.95. The molecule has 0 radical (unpaired) electrons. The molecule has 0 aliphatic rings. The molecule has 0 bridgehead atoms. The number of rotatable bonds is 8. The van der Waals surface area contributed by atoms with Crippen molar-refractivity contribution in [2.45, 2.75) is 0 Å². The van der Waals surface area contributed by atoms with Crippen LogP contribution in [-0.4, -0.2) is 48.8 Å². The van der Waals surface area contributed by atoms with Gasteiger partial charge in [-0.15, -0.1) is 0 Å². The van der Waals surface area contributed by atoms with Gasteiger partial charge in [0, 0.05) is 24.7 Å². The fourth-order valence-corrected chi connectivity index (χ4v) is 2.14. The number of nitrogens with one attached hydrogen (secondary N) is 2. The maximum absolute atomic E-state index is 11.9. The summed E-state index contributed by atoms with van der Waals surface area (Å²) in [5.41, 5.74) is 0.119. The van der Waals surface area contributed by atoms with Crippen LogP contribution in [0.5, 0.6) is 23.0 Å². The summed E-state index contributed by atoms with van der Waals surface area (Å²) in [7, 11) is 1.51. The molecule has 2 aromatic rings. The Morgan fingerprint density at radius 3 is 2.23 bits per heavy atom. The van der Waals surface area contributed by atoms with Crippen molar-refractivity contribution < 1.29 is 29.3 Å². The Balaban J connectivity index is 1.70. The van der Waals surface area contributed by atoms with Gasteiger partial charge in [0.15, 0.2) is 18.1 Å². The molecule has 26 heavy (non-hydrogen) atoms. The van der Waals surface area contributed by atoms with Gasteiger partial charge in [-0.2, -0.15) is 0 Å². The number of methoxy groups -OCH3 is 1. The minimum absolute atomic E-state index is 0.119. The average molecular weight is 360 g/mol. The number of carbonyl (C=O) groups excluding carboxylic acids is 2. The summed E-state index contributed by atoms with van der Waals surface area (Å²) < 4.78 is 10.5. The summed E-state index contributed by atoms with van der Waals surface area (Å²) in [6.07, 6.45) is 0. The Kier molecular flexibility index (Phi) is 6.67. The highest BCUT2D eigenvalue weighted by atomic mass is 16.5. The molecule has 0 atom stereocenters. The molecule has 0 unspecified atom stereocenters. The maximum Gasteiger partial charge on any atom is 0.258 e. The number of phenols is 2. The van der Waals surface area contributed by atoms with Crippen molar-refractivity contribution in [2.24, 2.45) is 0 Å². The van der Waals surface area contributed by atoms with Crippen LogP contribution in [0, 0.1) is 0 Å². The molecule has 0 fully saturated rings. The van der Waals surface area contributed by atoms with E-state index in [4.69, 9.17) is 9.47 Å². The second-order valence-corrected chi connectivity index (χ2v) is 5.28. The molecule has 0 aliphatic heterocycles. The topological polar surface area (TPSA) is 117 Å². The molecular weight excluding hydrogens is 340 g/mol. The fourth-order valence-electron chi connectivity index (χ4n) is 2.14. The lowest BCUT2D eigenvalue weighted by atomic mass is 10.2. The molecule has 8 nitrogen and oxygen atoms in total. The highest BCUT2D eigenvalue weighted by Gasteiger charge is 2.09. The average Bonchev–Trinajstić information content (AvgIpc) is 2.62. The quantitative estimate of drug-likeness (QED) is 0.523. The number of hydrogen-bond acceptors (Lipinski definition) is 6. The van der Waals surface area contributed by atoms with Crippen LogP contribution in [-0.2, 0) is 4.79 Å². The monoisotopic (exact) mass is 360 g/mol. The van der Waals surface area contributed by atoms with Gasteiger partial charge < -0.3 is 30.3 Å². The zero-order chi connectivity index (χ0) is 18.9. The van der Waals surface area contributed by atoms with E-state index in [2.05, 4.69) is 10.6 Å². The Morgan fingerprint density at radius 1 is 0.962 bits per heavy atom. The van der Waals surface area contributed by atoms with E-state index >= 15 is 0 Å². The molecule has 2 rings (SSSR count). The van der Waals surface area contributed by atoms with Crippen molar-refractivity contribution in [1.82, 2.24) is 10.6 Å². The van der Waals surface area contributed by atoms with Gasteiger partial charge in [0.25, 0.3) is 11.8 Å². The summed E-state index contributed by atoms with van der Waals surface area (Å²) in [6, 6.07) is 10.6. The summed E-state index contributed by atoms with van der Waals surface area (Å²) in [4.78, 5) is 23.7. The second kappa shape index (κ2) is 9.16. The maximum atomic E-state index is 11.9. The Bertz CT molecular complexity index is 758. The van der Waals surface area contributed by atoms with Crippen LogP contribution < -0.4 is 20.1 Å². The molecule has 0 saturated heterocycles. The molecule has 2 amide bonds. The van der Waals surface area contributed by atoms with Gasteiger partial charge in [0.2, 0.25) is 0 Å². The summed E-state index contributed by atoms with van der Waals surface area (Å²) in [6.45, 7) is 0.190. The first-order valence-electron chi connectivity index (χ1n) is 7.83. The lowest BCUT2D eigenvalue weighted by Gasteiger charge is -2.11. The Labute approximate surface area is 150 Å². The van der Waals surface area contributed by atoms with Gasteiger partial charge in [0.1, 0.15) is 11.5 Å². The van der Waals surface area contributed by atoms with Crippen molar-refractivity contribution in [1.29, 1.82) is 0 Å². The van der Waals surface area contributed by atoms with Crippen LogP contribution in [0.25, 0.3) is 0 Å². The molecule has 0 heterocycles. The number of ether oxygens (including phenoxy) is 2. The van der Waals surface area contributed by atoms with E-state index in [-0.39, 0.29) is 42.7 Å². The van der Waals surface area contributed by atoms with Crippen LogP contribution >= 0.6 is 0 Å². The third-order valence-electron chi connectivity index (χ3n) is 3.33. The molecule has 8 heteroatoms. The summed E-state index contributed by atoms with van der Waals surface area (Å²) in [5, 5.41) is 23.9. The van der Waals surface area contributed by atoms with Crippen LogP contribution in [0.4, 0.5) is 0 Å². The van der Waals surface area contributed by atoms with Crippen molar-refractivity contribution in [2.75, 3.05) is 26.8 Å². The number of amides is 2. The Hall–Kier alpha value is -3.42. The lowest BCUT2D eigenvalue weighted by molar-refractivity contribution is -0.123. The van der Waals surface area contributed by atoms with Crippen molar-refractivity contribution in [3.05, 3.63) is 48.0 Å². The largest absolute Gasteiger partial charge is 0.508 e. The first kappa shape index (κ1) is 18.9. The zero-order valence-corrected chi connectivity index (χ0v) is 14.2. The van der Waals surface area contributed by atoms with E-state index in [9.17, 15) is 19.8 Å². The van der Waals surface area contributed by atoms with Gasteiger partial charge in [-0.1, -0.05) is 12.1 Å². The number of carbonyl (C=O) groups is 2. The minimum atomic E-state index is -0.476. The van der Waals surface area contributed by atoms with Gasteiger partial charge >= 0.3 is 0 Å². The molecule has 0 aromatic heterocycles. The van der Waals surface area contributed by atoms with E-state index in [0.29, 0.717) is 11.5 Å². The van der Waals surface area contributed by atoms with E-state index in [1.54, 1.807) is 24.3 Å². The number of para-hydroxylation sites is 2. The zero-order valence-electron chi connectivity index (χ0n) is 14.2. The van der Waals surface area contributed by atoms with Crippen LogP contribution in [0.15, 0.2) is 42.5 Å². The Morgan fingerprint density at radius 2 is 1.58 bits per heavy atom. The van der Waals surface area contributed by atoms with Gasteiger partial charge in [-0.25, -0.2) is 0 Å². The standard InChI is InChI=1S/C18H20N2O6/c1-25-15-4-2-3-5-16(15)26-11-17(23)19-6-7-20-18(24)12-8-13(21)10-14(22)9-12/h2-5,8-10,21-22H,6-7,11H2,1H3,(H,19,23)(H,20,24). The van der Waals surface area contributed by atoms with Crippen molar-refractivity contribution in [3.63, 3.8) is 0 Å². The lowest BCUT2D eigenvalue weighted by Crippen LogP contribution is -2.36. The van der Waals surface area contributed by atoms with E-state index < -0.39 is 5.91 Å². The van der Waals surface area contributed by atoms with E-state index in [1.807, 2.05) is 0 Å². The summed E-state index contributed by atoms with van der Waals surface area (Å²) in [5.74, 6) is -0.256. The van der Waals surface area contributed by atoms with Crippen LogP contribution in [0.3, 0.4) is 0 Å². The van der Waals surface area contributed by atoms with Gasteiger partial charge in [0.05, 0.1) is 7.11 Å². The number of aromatic hydroxyl groups is 2. The molecule has 0 saturated carbocycles. The van der Waals surface area contributed by atoms with Crippen LogP contribution in [0.1, 0.15) is 10.4 Å². The second-order valence-electron chi connectivity index (χ2n) is 5.28. The minimum Gasteiger partial charge on any atom is -0.508 e. The highest BCUT2D eigenvalue weighted by Crippen LogP contribution is 2.25. The normalized spacial score (nSPS) is 10.0. The third-order valence-corrected chi connectivity index (χ3v) is 3.33. The predicted molar refractivity (Wildman–Crippen MR) is 93.6 cm³/mol. The van der Waals surface area contributed by atoms with Gasteiger partial charge in [-0.05, 0) is 24.3 Å².